The summed E-state index contributed by atoms with van der Waals surface area (Å²) in [4.78, 5) is 15.4. The number of ether oxygens (including phenoxy) is 2. The lowest BCUT2D eigenvalue weighted by Gasteiger charge is -2.35. The van der Waals surface area contributed by atoms with Gasteiger partial charge in [-0.3, -0.25) is 4.79 Å². The summed E-state index contributed by atoms with van der Waals surface area (Å²) in [6.07, 6.45) is 4.07. The summed E-state index contributed by atoms with van der Waals surface area (Å²) in [5, 5.41) is 4.85. The number of benzene rings is 1. The van der Waals surface area contributed by atoms with Crippen molar-refractivity contribution in [1.29, 1.82) is 0 Å². The van der Waals surface area contributed by atoms with Crippen molar-refractivity contribution in [3.63, 3.8) is 0 Å². The Balaban J connectivity index is 1.69. The van der Waals surface area contributed by atoms with Crippen LogP contribution in [0.3, 0.4) is 0 Å². The Morgan fingerprint density at radius 3 is 2.52 bits per heavy atom. The van der Waals surface area contributed by atoms with Crippen LogP contribution in [0.5, 0.6) is 5.75 Å². The number of rotatable bonds is 5. The molecule has 0 spiro atoms. The number of aromatic nitrogens is 2. The molecule has 2 aliphatic heterocycles. The van der Waals surface area contributed by atoms with Crippen molar-refractivity contribution in [2.24, 2.45) is 0 Å². The molecule has 0 N–H and O–H groups in total. The van der Waals surface area contributed by atoms with E-state index in [1.165, 1.54) is 15.2 Å². The summed E-state index contributed by atoms with van der Waals surface area (Å²) in [7, 11) is -3.25. The van der Waals surface area contributed by atoms with Crippen LogP contribution < -0.4 is 15.2 Å². The zero-order valence-electron chi connectivity index (χ0n) is 17.2. The van der Waals surface area contributed by atoms with E-state index in [0.717, 1.165) is 0 Å². The molecule has 2 aromatic rings. The maximum Gasteiger partial charge on any atom is 0.316 e. The van der Waals surface area contributed by atoms with E-state index in [-0.39, 0.29) is 17.4 Å². The summed E-state index contributed by atoms with van der Waals surface area (Å²) < 4.78 is 38.0. The van der Waals surface area contributed by atoms with Crippen molar-refractivity contribution in [3.05, 3.63) is 45.8 Å². The molecule has 1 aromatic carbocycles. The van der Waals surface area contributed by atoms with E-state index in [1.54, 1.807) is 30.5 Å². The summed E-state index contributed by atoms with van der Waals surface area (Å²) in [5.74, 6) is 0.217. The zero-order valence-corrected chi connectivity index (χ0v) is 18.8. The van der Waals surface area contributed by atoms with E-state index in [1.807, 2.05) is 4.90 Å². The van der Waals surface area contributed by atoms with E-state index in [4.69, 9.17) is 21.1 Å². The van der Waals surface area contributed by atoms with E-state index in [0.29, 0.717) is 68.6 Å². The van der Waals surface area contributed by atoms with Crippen LogP contribution in [0.15, 0.2) is 35.3 Å². The van der Waals surface area contributed by atoms with Crippen molar-refractivity contribution in [2.45, 2.75) is 18.9 Å². The van der Waals surface area contributed by atoms with E-state index >= 15 is 0 Å². The number of nitrogens with zero attached hydrogens (tertiary/aromatic N) is 4. The second-order valence-corrected chi connectivity index (χ2v) is 10.1. The topological polar surface area (TPSA) is 94.0 Å². The van der Waals surface area contributed by atoms with Gasteiger partial charge in [-0.05, 0) is 18.2 Å². The average molecular weight is 469 g/mol. The molecule has 2 aliphatic rings. The second-order valence-electron chi connectivity index (χ2n) is 7.63. The fourth-order valence-electron chi connectivity index (χ4n) is 3.78. The Bertz CT molecular complexity index is 1090. The molecule has 0 aliphatic carbocycles. The zero-order chi connectivity index (χ0) is 22.0. The number of hydrogen-bond acceptors (Lipinski definition) is 7. The van der Waals surface area contributed by atoms with Gasteiger partial charge in [-0.1, -0.05) is 17.7 Å². The molecule has 1 aromatic heterocycles. The van der Waals surface area contributed by atoms with Crippen molar-refractivity contribution >= 4 is 27.3 Å². The Hall–Kier alpha value is -2.14. The number of halogens is 1. The first kappa shape index (κ1) is 22.1. The minimum absolute atomic E-state index is 0.132. The summed E-state index contributed by atoms with van der Waals surface area (Å²) in [6.45, 7) is 2.74. The molecule has 2 fully saturated rings. The van der Waals surface area contributed by atoms with Crippen molar-refractivity contribution in [1.82, 2.24) is 14.1 Å². The van der Waals surface area contributed by atoms with Gasteiger partial charge in [0.1, 0.15) is 11.8 Å². The molecule has 2 saturated heterocycles. The van der Waals surface area contributed by atoms with Crippen molar-refractivity contribution in [2.75, 3.05) is 50.5 Å². The highest BCUT2D eigenvalue weighted by atomic mass is 35.5. The quantitative estimate of drug-likeness (QED) is 0.656. The molecule has 0 atom stereocenters. The van der Waals surface area contributed by atoms with Crippen LogP contribution >= 0.6 is 11.6 Å². The first-order chi connectivity index (χ1) is 14.8. The normalized spacial score (nSPS) is 18.8. The lowest BCUT2D eigenvalue weighted by Crippen LogP contribution is -2.49. The van der Waals surface area contributed by atoms with Crippen LogP contribution in [-0.2, 0) is 14.8 Å². The third-order valence-corrected chi connectivity index (χ3v) is 7.01. The standard InChI is InChI=1S/C20H25ClN4O5S/c1-31(27,28)24-9-7-23(8-10-24)18-14-22-25(16-4-2-3-15(21)13-16)20(26)19(18)30-17-5-11-29-12-6-17/h2-4,13-14,17H,5-12H2,1H3. The van der Waals surface area contributed by atoms with Crippen LogP contribution in [0.4, 0.5) is 5.69 Å². The minimum atomic E-state index is -3.25. The number of sulfonamides is 1. The average Bonchev–Trinajstić information content (AvgIpc) is 2.75. The molecule has 168 valence electrons. The lowest BCUT2D eigenvalue weighted by atomic mass is 10.1. The van der Waals surface area contributed by atoms with Gasteiger partial charge in [-0.2, -0.15) is 14.1 Å². The Kier molecular flexibility index (Phi) is 6.52. The van der Waals surface area contributed by atoms with Gasteiger partial charge in [0, 0.05) is 44.0 Å². The molecule has 3 heterocycles. The van der Waals surface area contributed by atoms with E-state index in [9.17, 15) is 13.2 Å². The highest BCUT2D eigenvalue weighted by Gasteiger charge is 2.28. The minimum Gasteiger partial charge on any atom is -0.483 e. The molecular weight excluding hydrogens is 444 g/mol. The summed E-state index contributed by atoms with van der Waals surface area (Å²) >= 11 is 6.10. The Labute approximate surface area is 186 Å². The van der Waals surface area contributed by atoms with Crippen LogP contribution in [-0.4, -0.2) is 74.3 Å². The van der Waals surface area contributed by atoms with Gasteiger partial charge >= 0.3 is 5.56 Å². The van der Waals surface area contributed by atoms with Gasteiger partial charge in [-0.15, -0.1) is 0 Å². The molecule has 0 radical (unpaired) electrons. The van der Waals surface area contributed by atoms with E-state index < -0.39 is 10.0 Å². The van der Waals surface area contributed by atoms with Crippen LogP contribution in [0.1, 0.15) is 12.8 Å². The molecule has 31 heavy (non-hydrogen) atoms. The third kappa shape index (κ3) is 5.03. The number of hydrogen-bond donors (Lipinski definition) is 0. The fraction of sp³-hybridized carbons (Fsp3) is 0.500. The highest BCUT2D eigenvalue weighted by molar-refractivity contribution is 7.88. The van der Waals surface area contributed by atoms with Crippen LogP contribution in [0.25, 0.3) is 5.69 Å². The number of piperazine rings is 1. The Morgan fingerprint density at radius 1 is 1.16 bits per heavy atom. The van der Waals surface area contributed by atoms with Crippen molar-refractivity contribution in [3.8, 4) is 11.4 Å². The van der Waals surface area contributed by atoms with Gasteiger partial charge in [-0.25, -0.2) is 8.42 Å². The predicted molar refractivity (Wildman–Crippen MR) is 118 cm³/mol. The Morgan fingerprint density at radius 2 is 1.87 bits per heavy atom. The smallest absolute Gasteiger partial charge is 0.316 e. The van der Waals surface area contributed by atoms with Gasteiger partial charge in [0.05, 0.1) is 31.4 Å². The molecule has 11 heteroatoms. The van der Waals surface area contributed by atoms with Gasteiger partial charge in [0.25, 0.3) is 0 Å². The molecule has 0 amide bonds. The molecule has 0 saturated carbocycles. The monoisotopic (exact) mass is 468 g/mol. The first-order valence-corrected chi connectivity index (χ1v) is 12.4. The van der Waals surface area contributed by atoms with Crippen LogP contribution in [0.2, 0.25) is 5.02 Å². The largest absolute Gasteiger partial charge is 0.483 e. The predicted octanol–water partition coefficient (Wildman–Crippen LogP) is 1.53. The fourth-order valence-corrected chi connectivity index (χ4v) is 4.79. The van der Waals surface area contributed by atoms with Gasteiger partial charge in [0.2, 0.25) is 15.8 Å². The van der Waals surface area contributed by atoms with Gasteiger partial charge in [0.15, 0.2) is 0 Å². The van der Waals surface area contributed by atoms with Crippen molar-refractivity contribution < 1.29 is 17.9 Å². The highest BCUT2D eigenvalue weighted by Crippen LogP contribution is 2.28. The molecule has 0 bridgehead atoms. The van der Waals surface area contributed by atoms with Crippen LogP contribution in [0, 0.1) is 0 Å². The molecule has 4 rings (SSSR count). The summed E-state index contributed by atoms with van der Waals surface area (Å²) in [6, 6.07) is 6.90. The van der Waals surface area contributed by atoms with Gasteiger partial charge < -0.3 is 14.4 Å². The second kappa shape index (κ2) is 9.15. The molecule has 0 unspecified atom stereocenters. The maximum absolute atomic E-state index is 13.4. The molecule has 9 nitrogen and oxygen atoms in total. The van der Waals surface area contributed by atoms with E-state index in [2.05, 4.69) is 5.10 Å². The molecular formula is C20H25ClN4O5S. The third-order valence-electron chi connectivity index (χ3n) is 5.47. The number of anilines is 1. The SMILES string of the molecule is CS(=O)(=O)N1CCN(c2cnn(-c3cccc(Cl)c3)c(=O)c2OC2CCOCC2)CC1. The lowest BCUT2D eigenvalue weighted by molar-refractivity contribution is 0.0249. The summed E-state index contributed by atoms with van der Waals surface area (Å²) in [5.41, 5.74) is 0.738. The maximum atomic E-state index is 13.4. The first-order valence-electron chi connectivity index (χ1n) is 10.2.